The summed E-state index contributed by atoms with van der Waals surface area (Å²) in [6.45, 7) is 5.79. The van der Waals surface area contributed by atoms with Gasteiger partial charge in [-0.25, -0.2) is 9.78 Å². The quantitative estimate of drug-likeness (QED) is 0.480. The van der Waals surface area contributed by atoms with Crippen molar-refractivity contribution in [2.75, 3.05) is 31.8 Å². The molecule has 0 amide bonds. The second-order valence-corrected chi connectivity index (χ2v) is 8.53. The number of carbonyl (C=O) groups excluding carboxylic acids is 1. The fourth-order valence-corrected chi connectivity index (χ4v) is 4.98. The van der Waals surface area contributed by atoms with Gasteiger partial charge < -0.3 is 19.4 Å². The summed E-state index contributed by atoms with van der Waals surface area (Å²) in [6, 6.07) is 6.48. The molecule has 0 unspecified atom stereocenters. The zero-order chi connectivity index (χ0) is 21.3. The molecule has 0 saturated heterocycles. The van der Waals surface area contributed by atoms with Gasteiger partial charge >= 0.3 is 5.97 Å². The number of carbonyl (C=O) groups is 1. The van der Waals surface area contributed by atoms with Gasteiger partial charge in [0.1, 0.15) is 22.1 Å². The zero-order valence-corrected chi connectivity index (χ0v) is 18.2. The molecule has 1 N–H and O–H groups in total. The van der Waals surface area contributed by atoms with Gasteiger partial charge in [-0.05, 0) is 43.9 Å². The average Bonchev–Trinajstić information content (AvgIpc) is 3.05. The third-order valence-corrected chi connectivity index (χ3v) is 6.51. The molecule has 1 aromatic carbocycles. The second-order valence-electron chi connectivity index (χ2n) is 7.53. The van der Waals surface area contributed by atoms with Crippen LogP contribution in [0.5, 0.6) is 0 Å². The van der Waals surface area contributed by atoms with Crippen LogP contribution in [-0.4, -0.2) is 42.8 Å². The van der Waals surface area contributed by atoms with Crippen molar-refractivity contribution in [1.82, 2.24) is 9.97 Å². The van der Waals surface area contributed by atoms with Crippen LogP contribution in [0.3, 0.4) is 0 Å². The van der Waals surface area contributed by atoms with Crippen molar-refractivity contribution in [2.45, 2.75) is 33.2 Å². The van der Waals surface area contributed by atoms with Crippen LogP contribution in [0, 0.1) is 13.8 Å². The molecule has 7 nitrogen and oxygen atoms in total. The van der Waals surface area contributed by atoms with E-state index in [2.05, 4.69) is 40.0 Å². The molecule has 1 aliphatic heterocycles. The molecule has 1 aliphatic rings. The zero-order valence-electron chi connectivity index (χ0n) is 17.4. The number of aromatic amines is 1. The third-order valence-electron chi connectivity index (χ3n) is 5.35. The maximum Gasteiger partial charge on any atom is 0.348 e. The van der Waals surface area contributed by atoms with Gasteiger partial charge in [-0.15, -0.1) is 11.3 Å². The number of rotatable bonds is 6. The van der Waals surface area contributed by atoms with Crippen LogP contribution in [0.1, 0.15) is 38.6 Å². The van der Waals surface area contributed by atoms with E-state index in [0.717, 1.165) is 19.4 Å². The Morgan fingerprint density at radius 2 is 2.13 bits per heavy atom. The molecule has 3 heterocycles. The third kappa shape index (κ3) is 3.97. The van der Waals surface area contributed by atoms with Crippen molar-refractivity contribution >= 4 is 33.2 Å². The van der Waals surface area contributed by atoms with Gasteiger partial charge in [-0.3, -0.25) is 4.79 Å². The minimum absolute atomic E-state index is 0.173. The number of nitrogens with one attached hydrogen (secondary N) is 1. The molecule has 158 valence electrons. The lowest BCUT2D eigenvalue weighted by atomic mass is 9.99. The smallest absolute Gasteiger partial charge is 0.348 e. The van der Waals surface area contributed by atoms with Crippen LogP contribution in [0.15, 0.2) is 23.0 Å². The lowest BCUT2D eigenvalue weighted by Crippen LogP contribution is -2.30. The van der Waals surface area contributed by atoms with E-state index >= 15 is 0 Å². The van der Waals surface area contributed by atoms with Crippen molar-refractivity contribution in [1.29, 1.82) is 0 Å². The van der Waals surface area contributed by atoms with E-state index in [1.807, 2.05) is 0 Å². The van der Waals surface area contributed by atoms with Crippen LogP contribution < -0.4 is 10.5 Å². The number of H-pyrrole nitrogens is 1. The first-order chi connectivity index (χ1) is 14.5. The highest BCUT2D eigenvalue weighted by atomic mass is 32.1. The Balaban J connectivity index is 1.63. The number of hydrogen-bond acceptors (Lipinski definition) is 7. The molecule has 8 heteroatoms. The number of ether oxygens (including phenoxy) is 2. The Labute approximate surface area is 178 Å². The van der Waals surface area contributed by atoms with Crippen molar-refractivity contribution in [3.8, 4) is 0 Å². The maximum absolute atomic E-state index is 12.8. The van der Waals surface area contributed by atoms with Crippen LogP contribution in [0.25, 0.3) is 10.2 Å². The molecule has 0 saturated carbocycles. The normalized spacial score (nSPS) is 13.5. The Hall–Kier alpha value is -2.71. The van der Waals surface area contributed by atoms with Crippen LogP contribution in [0.2, 0.25) is 0 Å². The van der Waals surface area contributed by atoms with Gasteiger partial charge in [0.05, 0.1) is 18.5 Å². The monoisotopic (exact) mass is 427 g/mol. The molecule has 0 spiro atoms. The predicted molar refractivity (Wildman–Crippen MR) is 118 cm³/mol. The summed E-state index contributed by atoms with van der Waals surface area (Å²) < 4.78 is 10.1. The average molecular weight is 428 g/mol. The summed E-state index contributed by atoms with van der Waals surface area (Å²) in [7, 11) is 1.55. The van der Waals surface area contributed by atoms with Gasteiger partial charge in [0, 0.05) is 19.3 Å². The van der Waals surface area contributed by atoms with Gasteiger partial charge in [-0.1, -0.05) is 17.7 Å². The largest absolute Gasteiger partial charge is 0.459 e. The van der Waals surface area contributed by atoms with Crippen molar-refractivity contribution in [3.63, 3.8) is 0 Å². The van der Waals surface area contributed by atoms with E-state index in [4.69, 9.17) is 9.47 Å². The summed E-state index contributed by atoms with van der Waals surface area (Å²) in [6.07, 6.45) is 2.13. The molecular formula is C22H25N3O4S. The van der Waals surface area contributed by atoms with Crippen LogP contribution in [-0.2, 0) is 22.4 Å². The second kappa shape index (κ2) is 8.57. The lowest BCUT2D eigenvalue weighted by molar-refractivity contribution is 0.0393. The van der Waals surface area contributed by atoms with Gasteiger partial charge in [0.15, 0.2) is 0 Å². The summed E-state index contributed by atoms with van der Waals surface area (Å²) in [5, 5.41) is 0.456. The van der Waals surface area contributed by atoms with Gasteiger partial charge in [0.2, 0.25) is 0 Å². The van der Waals surface area contributed by atoms with E-state index in [1.165, 1.54) is 28.2 Å². The highest BCUT2D eigenvalue weighted by Gasteiger charge is 2.22. The summed E-state index contributed by atoms with van der Waals surface area (Å²) >= 11 is 1.20. The standard InChI is InChI=1S/C22H25N3O4S/c1-13-6-7-16-15(11-13)5-4-8-25(16)12-17-23-20(26)18-14(2)19(30-21(18)24-17)22(27)29-10-9-28-3/h6-7,11H,4-5,8-10,12H2,1-3H3,(H,23,24,26). The highest BCUT2D eigenvalue weighted by molar-refractivity contribution is 7.20. The molecule has 2 aromatic heterocycles. The maximum atomic E-state index is 12.8. The van der Waals surface area contributed by atoms with Gasteiger partial charge in [-0.2, -0.15) is 0 Å². The topological polar surface area (TPSA) is 84.5 Å². The van der Waals surface area contributed by atoms with Crippen LogP contribution >= 0.6 is 11.3 Å². The SMILES string of the molecule is COCCOC(=O)c1sc2nc(CN3CCCc4cc(C)ccc43)[nH]c(=O)c2c1C. The number of thiophene rings is 1. The minimum atomic E-state index is -0.450. The summed E-state index contributed by atoms with van der Waals surface area (Å²) in [4.78, 5) is 35.9. The number of aryl methyl sites for hydroxylation is 3. The summed E-state index contributed by atoms with van der Waals surface area (Å²) in [5.41, 5.74) is 4.16. The fraction of sp³-hybridized carbons (Fsp3) is 0.409. The first kappa shape index (κ1) is 20.6. The predicted octanol–water partition coefficient (Wildman–Crippen LogP) is 3.36. The van der Waals surface area contributed by atoms with Crippen LogP contribution in [0.4, 0.5) is 5.69 Å². The first-order valence-electron chi connectivity index (χ1n) is 10.0. The van der Waals surface area contributed by atoms with Gasteiger partial charge in [0.25, 0.3) is 5.56 Å². The first-order valence-corrected chi connectivity index (χ1v) is 10.8. The fourth-order valence-electron chi connectivity index (χ4n) is 3.89. The number of anilines is 1. The molecule has 30 heavy (non-hydrogen) atoms. The van der Waals surface area contributed by atoms with E-state index in [1.54, 1.807) is 14.0 Å². The van der Waals surface area contributed by atoms with Crippen molar-refractivity contribution in [2.24, 2.45) is 0 Å². The molecular weight excluding hydrogens is 402 g/mol. The van der Waals surface area contributed by atoms with E-state index in [9.17, 15) is 9.59 Å². The molecule has 0 aliphatic carbocycles. The molecule has 0 radical (unpaired) electrons. The molecule has 4 rings (SSSR count). The Morgan fingerprint density at radius 3 is 2.93 bits per heavy atom. The number of hydrogen-bond donors (Lipinski definition) is 1. The number of fused-ring (bicyclic) bond motifs is 2. The Morgan fingerprint density at radius 1 is 1.30 bits per heavy atom. The molecule has 0 atom stereocenters. The number of esters is 1. The highest BCUT2D eigenvalue weighted by Crippen LogP contribution is 2.30. The van der Waals surface area contributed by atoms with Crippen molar-refractivity contribution in [3.05, 3.63) is 55.9 Å². The molecule has 3 aromatic rings. The van der Waals surface area contributed by atoms with E-state index < -0.39 is 5.97 Å². The number of benzene rings is 1. The molecule has 0 fully saturated rings. The van der Waals surface area contributed by atoms with E-state index in [-0.39, 0.29) is 12.2 Å². The summed E-state index contributed by atoms with van der Waals surface area (Å²) in [5.74, 6) is 0.148. The minimum Gasteiger partial charge on any atom is -0.459 e. The molecule has 0 bridgehead atoms. The Bertz CT molecular complexity index is 1150. The van der Waals surface area contributed by atoms with E-state index in [0.29, 0.717) is 39.6 Å². The van der Waals surface area contributed by atoms with Crippen molar-refractivity contribution < 1.29 is 14.3 Å². The Kier molecular flexibility index (Phi) is 5.87. The number of nitrogens with zero attached hydrogens (tertiary/aromatic N) is 2. The lowest BCUT2D eigenvalue weighted by Gasteiger charge is -2.31. The number of aromatic nitrogens is 2. The number of methoxy groups -OCH3 is 1.